The number of carboxylic acid groups (broad SMARTS) is 1. The molecule has 1 aromatic heterocycles. The summed E-state index contributed by atoms with van der Waals surface area (Å²) in [6, 6.07) is 23.8. The molecule has 0 saturated heterocycles. The molecule has 0 fully saturated rings. The lowest BCUT2D eigenvalue weighted by Gasteiger charge is -2.20. The van der Waals surface area contributed by atoms with Crippen LogP contribution in [0.5, 0.6) is 11.5 Å². The summed E-state index contributed by atoms with van der Waals surface area (Å²) in [6.07, 6.45) is 9.08. The van der Waals surface area contributed by atoms with E-state index in [9.17, 15) is 9.59 Å². The maximum absolute atomic E-state index is 12.7. The van der Waals surface area contributed by atoms with E-state index in [-0.39, 0.29) is 18.9 Å². The lowest BCUT2D eigenvalue weighted by molar-refractivity contribution is -0.155. The number of rotatable bonds is 15. The van der Waals surface area contributed by atoms with Crippen LogP contribution in [0, 0.1) is 0 Å². The van der Waals surface area contributed by atoms with Gasteiger partial charge < -0.3 is 23.9 Å². The predicted molar refractivity (Wildman–Crippen MR) is 170 cm³/mol. The van der Waals surface area contributed by atoms with Gasteiger partial charge in [-0.25, -0.2) is 0 Å². The Morgan fingerprint density at radius 1 is 0.814 bits per heavy atom. The van der Waals surface area contributed by atoms with Gasteiger partial charge in [0.2, 0.25) is 0 Å². The van der Waals surface area contributed by atoms with Gasteiger partial charge in [0.15, 0.2) is 0 Å². The Labute approximate surface area is 253 Å². The normalized spacial score (nSPS) is 11.6. The average molecular weight is 584 g/mol. The van der Waals surface area contributed by atoms with Crippen LogP contribution in [0.15, 0.2) is 79.0 Å². The number of para-hydroxylation sites is 2. The summed E-state index contributed by atoms with van der Waals surface area (Å²) in [5, 5.41) is 10.1. The van der Waals surface area contributed by atoms with Crippen LogP contribution in [0.3, 0.4) is 0 Å². The smallest absolute Gasteiger partial charge is 0.326 e. The first-order valence-electron chi connectivity index (χ1n) is 14.8. The molecule has 0 radical (unpaired) electrons. The van der Waals surface area contributed by atoms with Gasteiger partial charge in [-0.2, -0.15) is 0 Å². The maximum atomic E-state index is 12.7. The summed E-state index contributed by atoms with van der Waals surface area (Å²) < 4.78 is 19.1. The molecular formula is C36H41NO6. The number of fused-ring (bicyclic) bond motifs is 1. The van der Waals surface area contributed by atoms with Gasteiger partial charge in [0.1, 0.15) is 23.6 Å². The van der Waals surface area contributed by atoms with E-state index in [0.29, 0.717) is 26.1 Å². The third-order valence-electron chi connectivity index (χ3n) is 6.72. The lowest BCUT2D eigenvalue weighted by atomic mass is 10.0. The highest BCUT2D eigenvalue weighted by atomic mass is 16.6. The minimum absolute atomic E-state index is 0.0714. The Morgan fingerprint density at radius 3 is 2.14 bits per heavy atom. The van der Waals surface area contributed by atoms with Crippen LogP contribution in [-0.4, -0.2) is 40.4 Å². The van der Waals surface area contributed by atoms with Crippen LogP contribution in [0.2, 0.25) is 0 Å². The summed E-state index contributed by atoms with van der Waals surface area (Å²) in [6.45, 7) is 6.91. The molecule has 0 aliphatic carbocycles. The highest BCUT2D eigenvalue weighted by Gasteiger charge is 2.19. The summed E-state index contributed by atoms with van der Waals surface area (Å²) in [7, 11) is 0. The third kappa shape index (κ3) is 10.1. The summed E-state index contributed by atoms with van der Waals surface area (Å²) in [5.41, 5.74) is 3.34. The van der Waals surface area contributed by atoms with E-state index in [0.717, 1.165) is 51.9 Å². The van der Waals surface area contributed by atoms with E-state index in [2.05, 4.69) is 0 Å². The first-order chi connectivity index (χ1) is 20.7. The molecule has 0 atom stereocenters. The standard InChI is InChI=1S/C36H41NO6/c1-36(2,3)43-34(40)26-37-25-29(12-10-16-33(38)39)32-15-9-11-28(35(32)37)20-17-27-18-21-31(22-19-27)42-24-8-7-23-41-30-13-5-4-6-14-30/h4-6,9,11,13-15,17-22,25H,7-8,10,12,16,23-24,26H2,1-3H3,(H,38,39)/b20-17+. The molecule has 1 heterocycles. The van der Waals surface area contributed by atoms with Gasteiger partial charge in [0.25, 0.3) is 0 Å². The molecule has 0 unspecified atom stereocenters. The topological polar surface area (TPSA) is 87.0 Å². The van der Waals surface area contributed by atoms with E-state index < -0.39 is 11.6 Å². The molecule has 1 N–H and O–H groups in total. The van der Waals surface area contributed by atoms with Crippen molar-refractivity contribution >= 4 is 35.0 Å². The van der Waals surface area contributed by atoms with Gasteiger partial charge in [-0.3, -0.25) is 9.59 Å². The molecule has 226 valence electrons. The van der Waals surface area contributed by atoms with E-state index in [1.54, 1.807) is 0 Å². The van der Waals surface area contributed by atoms with Crippen molar-refractivity contribution in [2.24, 2.45) is 0 Å². The summed E-state index contributed by atoms with van der Waals surface area (Å²) >= 11 is 0. The zero-order chi connectivity index (χ0) is 30.7. The van der Waals surface area contributed by atoms with Crippen molar-refractivity contribution in [2.75, 3.05) is 13.2 Å². The quantitative estimate of drug-likeness (QED) is 0.0873. The van der Waals surface area contributed by atoms with Crippen LogP contribution in [-0.2, 0) is 27.3 Å². The van der Waals surface area contributed by atoms with Gasteiger partial charge >= 0.3 is 11.9 Å². The molecule has 0 aliphatic rings. The Bertz CT molecular complexity index is 1510. The largest absolute Gasteiger partial charge is 0.494 e. The van der Waals surface area contributed by atoms with Crippen molar-refractivity contribution in [3.05, 3.63) is 95.7 Å². The molecule has 0 amide bonds. The van der Waals surface area contributed by atoms with Crippen molar-refractivity contribution in [3.8, 4) is 11.5 Å². The molecule has 7 nitrogen and oxygen atoms in total. The number of benzene rings is 3. The second kappa shape index (κ2) is 15.1. The number of carbonyl (C=O) groups excluding carboxylic acids is 1. The molecule has 0 spiro atoms. The van der Waals surface area contributed by atoms with Crippen molar-refractivity contribution in [1.82, 2.24) is 4.57 Å². The van der Waals surface area contributed by atoms with Crippen molar-refractivity contribution in [3.63, 3.8) is 0 Å². The predicted octanol–water partition coefficient (Wildman–Crippen LogP) is 7.80. The van der Waals surface area contributed by atoms with Crippen molar-refractivity contribution in [1.29, 1.82) is 0 Å². The number of unbranched alkanes of at least 4 members (excludes halogenated alkanes) is 1. The first-order valence-corrected chi connectivity index (χ1v) is 14.8. The second-order valence-corrected chi connectivity index (χ2v) is 11.5. The average Bonchev–Trinajstić information content (AvgIpc) is 3.31. The zero-order valence-corrected chi connectivity index (χ0v) is 25.3. The highest BCUT2D eigenvalue weighted by molar-refractivity contribution is 5.94. The van der Waals surface area contributed by atoms with Gasteiger partial charge in [-0.15, -0.1) is 0 Å². The van der Waals surface area contributed by atoms with E-state index in [1.165, 1.54) is 0 Å². The van der Waals surface area contributed by atoms with Crippen molar-refractivity contribution in [2.45, 2.75) is 65.0 Å². The maximum Gasteiger partial charge on any atom is 0.326 e. The van der Waals surface area contributed by atoms with Crippen LogP contribution >= 0.6 is 0 Å². The fourth-order valence-electron chi connectivity index (χ4n) is 4.83. The highest BCUT2D eigenvalue weighted by Crippen LogP contribution is 2.28. The zero-order valence-electron chi connectivity index (χ0n) is 25.3. The molecule has 3 aromatic carbocycles. The molecule has 7 heteroatoms. The van der Waals surface area contributed by atoms with Gasteiger partial charge in [0.05, 0.1) is 18.7 Å². The van der Waals surface area contributed by atoms with E-state index in [4.69, 9.17) is 19.3 Å². The monoisotopic (exact) mass is 583 g/mol. The first kappa shape index (κ1) is 31.4. The van der Waals surface area contributed by atoms with Crippen LogP contribution in [0.1, 0.15) is 63.1 Å². The molecular weight excluding hydrogens is 542 g/mol. The van der Waals surface area contributed by atoms with Crippen LogP contribution in [0.4, 0.5) is 0 Å². The second-order valence-electron chi connectivity index (χ2n) is 11.5. The number of ether oxygens (including phenoxy) is 3. The Kier molecular flexibility index (Phi) is 11.0. The number of aromatic nitrogens is 1. The Morgan fingerprint density at radius 2 is 1.49 bits per heavy atom. The molecule has 43 heavy (non-hydrogen) atoms. The fraction of sp³-hybridized carbons (Fsp3) is 0.333. The number of aryl methyl sites for hydroxylation is 1. The van der Waals surface area contributed by atoms with Crippen molar-refractivity contribution < 1.29 is 28.9 Å². The third-order valence-corrected chi connectivity index (χ3v) is 6.72. The minimum Gasteiger partial charge on any atom is -0.494 e. The lowest BCUT2D eigenvalue weighted by Crippen LogP contribution is -2.26. The number of esters is 1. The van der Waals surface area contributed by atoms with Gasteiger partial charge in [0, 0.05) is 18.0 Å². The number of aliphatic carboxylic acids is 1. The number of carboxylic acids is 1. The number of hydrogen-bond donors (Lipinski definition) is 1. The Balaban J connectivity index is 1.40. The van der Waals surface area contributed by atoms with Gasteiger partial charge in [-0.05, 0) is 87.4 Å². The van der Waals surface area contributed by atoms with E-state index in [1.807, 2.05) is 116 Å². The number of hydrogen-bond acceptors (Lipinski definition) is 5. The molecule has 0 aliphatic heterocycles. The van der Waals surface area contributed by atoms with E-state index >= 15 is 0 Å². The number of nitrogens with zero attached hydrogens (tertiary/aromatic N) is 1. The fourth-order valence-corrected chi connectivity index (χ4v) is 4.83. The van der Waals surface area contributed by atoms with Gasteiger partial charge in [-0.1, -0.05) is 60.7 Å². The van der Waals surface area contributed by atoms with Crippen LogP contribution < -0.4 is 9.47 Å². The SMILES string of the molecule is CC(C)(C)OC(=O)Cn1cc(CCCC(=O)O)c2cccc(/C=C/c3ccc(OCCCCOc4ccccc4)cc3)c21. The summed E-state index contributed by atoms with van der Waals surface area (Å²) in [4.78, 5) is 23.8. The molecule has 4 aromatic rings. The summed E-state index contributed by atoms with van der Waals surface area (Å²) in [5.74, 6) is 0.571. The minimum atomic E-state index is -0.814. The molecule has 4 rings (SSSR count). The Hall–Kier alpha value is -4.52. The molecule has 0 saturated carbocycles. The number of carbonyl (C=O) groups is 2. The van der Waals surface area contributed by atoms with Crippen LogP contribution in [0.25, 0.3) is 23.1 Å². The molecule has 0 bridgehead atoms.